The molecule has 8 nitrogen and oxygen atoms in total. The van der Waals surface area contributed by atoms with E-state index in [-0.39, 0.29) is 4.90 Å². The first-order chi connectivity index (χ1) is 13.9. The number of sulfone groups is 1. The maximum absolute atomic E-state index is 13.0. The van der Waals surface area contributed by atoms with Crippen LogP contribution < -0.4 is 19.5 Å². The Morgan fingerprint density at radius 1 is 1.00 bits per heavy atom. The minimum absolute atomic E-state index is 0.0632. The molecule has 2 aromatic carbocycles. The molecule has 0 aliphatic carbocycles. The zero-order chi connectivity index (χ0) is 21.4. The molecule has 0 unspecified atom stereocenters. The lowest BCUT2D eigenvalue weighted by Crippen LogP contribution is -2.17. The number of carbonyl (C=O) groups is 1. The first kappa shape index (κ1) is 22.1. The quantitative estimate of drug-likeness (QED) is 0.487. The summed E-state index contributed by atoms with van der Waals surface area (Å²) in [5.41, 5.74) is 0.492. The van der Waals surface area contributed by atoms with Gasteiger partial charge in [-0.15, -0.1) is 0 Å². The number of hydrogen-bond donors (Lipinski definition) is 1. The minimum atomic E-state index is -4.13. The molecule has 0 heterocycles. The number of ether oxygens (including phenoxy) is 4. The van der Waals surface area contributed by atoms with Crippen LogP contribution in [0.25, 0.3) is 0 Å². The maximum atomic E-state index is 13.0. The Morgan fingerprint density at radius 2 is 1.66 bits per heavy atom. The molecule has 2 aromatic rings. The predicted molar refractivity (Wildman–Crippen MR) is 108 cm³/mol. The average Bonchev–Trinajstić information content (AvgIpc) is 2.73. The summed E-state index contributed by atoms with van der Waals surface area (Å²) in [4.78, 5) is 11.6. The summed E-state index contributed by atoms with van der Waals surface area (Å²) in [5, 5.41) is 2.79. The molecular weight excluding hydrogens is 398 g/mol. The van der Waals surface area contributed by atoms with E-state index in [0.29, 0.717) is 29.5 Å². The van der Waals surface area contributed by atoms with Crippen molar-refractivity contribution in [3.8, 4) is 17.2 Å². The highest BCUT2D eigenvalue weighted by molar-refractivity contribution is 7.96. The number of esters is 1. The zero-order valence-corrected chi connectivity index (χ0v) is 17.4. The lowest BCUT2D eigenvalue weighted by Gasteiger charge is -2.11. The number of hydrogen-bond acceptors (Lipinski definition) is 8. The van der Waals surface area contributed by atoms with Gasteiger partial charge in [-0.25, -0.2) is 13.2 Å². The maximum Gasteiger partial charge on any atom is 0.351 e. The van der Waals surface area contributed by atoms with Crippen LogP contribution in [-0.4, -0.2) is 42.3 Å². The molecule has 0 bridgehead atoms. The van der Waals surface area contributed by atoms with Gasteiger partial charge < -0.3 is 24.3 Å². The first-order valence-corrected chi connectivity index (χ1v) is 10.1. The van der Waals surface area contributed by atoms with E-state index >= 15 is 0 Å². The minimum Gasteiger partial charge on any atom is -0.494 e. The molecule has 29 heavy (non-hydrogen) atoms. The van der Waals surface area contributed by atoms with E-state index in [9.17, 15) is 13.2 Å². The van der Waals surface area contributed by atoms with Crippen LogP contribution in [0, 0.1) is 0 Å². The Hall–Kier alpha value is -3.20. The highest BCUT2D eigenvalue weighted by atomic mass is 32.2. The monoisotopic (exact) mass is 421 g/mol. The Bertz CT molecular complexity index is 982. The largest absolute Gasteiger partial charge is 0.494 e. The number of methoxy groups -OCH3 is 3. The highest BCUT2D eigenvalue weighted by Crippen LogP contribution is 2.30. The molecule has 0 aliphatic heterocycles. The van der Waals surface area contributed by atoms with Crippen LogP contribution in [0.1, 0.15) is 6.92 Å². The van der Waals surface area contributed by atoms with E-state index in [1.54, 1.807) is 18.2 Å². The van der Waals surface area contributed by atoms with Crippen molar-refractivity contribution in [2.45, 2.75) is 11.8 Å². The van der Waals surface area contributed by atoms with E-state index in [1.165, 1.54) is 38.5 Å². The second-order valence-electron chi connectivity index (χ2n) is 5.62. The van der Waals surface area contributed by atoms with Gasteiger partial charge in [-0.3, -0.25) is 0 Å². The molecule has 156 valence electrons. The molecule has 1 N–H and O–H groups in total. The Kier molecular flexibility index (Phi) is 7.49. The molecule has 0 saturated heterocycles. The van der Waals surface area contributed by atoms with Crippen LogP contribution in [0.5, 0.6) is 17.2 Å². The standard InChI is InChI=1S/C20H23NO7S/c1-5-28-15-7-9-16(10-8-15)29(23,24)19(20(22)27-4)13-21-14-6-11-17(25-2)18(12-14)26-3/h6-13,21H,5H2,1-4H3/b19-13+. The molecule has 0 fully saturated rings. The van der Waals surface area contributed by atoms with Gasteiger partial charge in [-0.05, 0) is 43.3 Å². The molecule has 0 aliphatic rings. The van der Waals surface area contributed by atoms with Crippen molar-refractivity contribution in [1.82, 2.24) is 0 Å². The fourth-order valence-corrected chi connectivity index (χ4v) is 3.70. The summed E-state index contributed by atoms with van der Waals surface area (Å²) < 4.78 is 46.2. The van der Waals surface area contributed by atoms with Crippen LogP contribution in [0.2, 0.25) is 0 Å². The van der Waals surface area contributed by atoms with Gasteiger partial charge in [0.25, 0.3) is 0 Å². The van der Waals surface area contributed by atoms with Gasteiger partial charge in [0.05, 0.1) is 32.8 Å². The van der Waals surface area contributed by atoms with Gasteiger partial charge in [-0.1, -0.05) is 0 Å². The molecule has 0 atom stereocenters. The van der Waals surface area contributed by atoms with Gasteiger partial charge in [-0.2, -0.15) is 0 Å². The highest BCUT2D eigenvalue weighted by Gasteiger charge is 2.28. The van der Waals surface area contributed by atoms with Gasteiger partial charge in [0.1, 0.15) is 5.75 Å². The van der Waals surface area contributed by atoms with Crippen molar-refractivity contribution in [3.63, 3.8) is 0 Å². The number of rotatable bonds is 9. The van der Waals surface area contributed by atoms with Crippen molar-refractivity contribution in [2.24, 2.45) is 0 Å². The van der Waals surface area contributed by atoms with Crippen LogP contribution in [0.15, 0.2) is 58.5 Å². The summed E-state index contributed by atoms with van der Waals surface area (Å²) in [6.45, 7) is 2.28. The van der Waals surface area contributed by atoms with Gasteiger partial charge >= 0.3 is 5.97 Å². The number of anilines is 1. The van der Waals surface area contributed by atoms with E-state index in [2.05, 4.69) is 10.1 Å². The summed E-state index contributed by atoms with van der Waals surface area (Å²) >= 11 is 0. The van der Waals surface area contributed by atoms with E-state index < -0.39 is 20.7 Å². The van der Waals surface area contributed by atoms with Crippen LogP contribution in [0.4, 0.5) is 5.69 Å². The molecule has 0 saturated carbocycles. The first-order valence-electron chi connectivity index (χ1n) is 8.62. The molecule has 0 spiro atoms. The third kappa shape index (κ3) is 5.20. The summed E-state index contributed by atoms with van der Waals surface area (Å²) in [6.07, 6.45) is 1.08. The van der Waals surface area contributed by atoms with Crippen molar-refractivity contribution in [1.29, 1.82) is 0 Å². The number of carbonyl (C=O) groups excluding carboxylic acids is 1. The Balaban J connectivity index is 2.38. The van der Waals surface area contributed by atoms with Crippen LogP contribution in [0.3, 0.4) is 0 Å². The predicted octanol–water partition coefficient (Wildman–Crippen LogP) is 3.00. The van der Waals surface area contributed by atoms with Gasteiger partial charge in [0.15, 0.2) is 16.4 Å². The molecular formula is C20H23NO7S. The Morgan fingerprint density at radius 3 is 2.21 bits per heavy atom. The van der Waals surface area contributed by atoms with Crippen molar-refractivity contribution < 1.29 is 32.2 Å². The third-order valence-electron chi connectivity index (χ3n) is 3.87. The molecule has 0 amide bonds. The molecule has 9 heteroatoms. The topological polar surface area (TPSA) is 100 Å². The Labute approximate surface area is 170 Å². The van der Waals surface area contributed by atoms with Crippen LogP contribution >= 0.6 is 0 Å². The lowest BCUT2D eigenvalue weighted by atomic mass is 10.3. The zero-order valence-electron chi connectivity index (χ0n) is 16.6. The number of nitrogens with one attached hydrogen (secondary N) is 1. The SMILES string of the molecule is CCOc1ccc(S(=O)(=O)/C(=C/Nc2ccc(OC)c(OC)c2)C(=O)OC)cc1. The average molecular weight is 421 g/mol. The molecule has 2 rings (SSSR count). The smallest absolute Gasteiger partial charge is 0.351 e. The molecule has 0 aromatic heterocycles. The van der Waals surface area contributed by atoms with E-state index in [0.717, 1.165) is 13.3 Å². The summed E-state index contributed by atoms with van der Waals surface area (Å²) in [7, 11) is -0.0353. The summed E-state index contributed by atoms with van der Waals surface area (Å²) in [6, 6.07) is 10.7. The van der Waals surface area contributed by atoms with E-state index in [4.69, 9.17) is 14.2 Å². The van der Waals surface area contributed by atoms with Gasteiger partial charge in [0.2, 0.25) is 9.84 Å². The second-order valence-corrected chi connectivity index (χ2v) is 7.54. The second kappa shape index (κ2) is 9.83. The van der Waals surface area contributed by atoms with Gasteiger partial charge in [0, 0.05) is 18.0 Å². The van der Waals surface area contributed by atoms with E-state index in [1.807, 2.05) is 6.92 Å². The van der Waals surface area contributed by atoms with Crippen molar-refractivity contribution in [3.05, 3.63) is 53.6 Å². The van der Waals surface area contributed by atoms with Crippen molar-refractivity contribution in [2.75, 3.05) is 33.3 Å². The fraction of sp³-hybridized carbons (Fsp3) is 0.250. The fourth-order valence-electron chi connectivity index (χ4n) is 2.43. The number of benzene rings is 2. The third-order valence-corrected chi connectivity index (χ3v) is 5.63. The lowest BCUT2D eigenvalue weighted by molar-refractivity contribution is -0.135. The van der Waals surface area contributed by atoms with Crippen molar-refractivity contribution >= 4 is 21.5 Å². The van der Waals surface area contributed by atoms with Crippen LogP contribution in [-0.2, 0) is 19.4 Å². The molecule has 0 radical (unpaired) electrons. The normalized spacial score (nSPS) is 11.5. The summed E-state index contributed by atoms with van der Waals surface area (Å²) in [5.74, 6) is 0.488.